The summed E-state index contributed by atoms with van der Waals surface area (Å²) in [5, 5.41) is 4.18. The number of thiazole rings is 1. The number of para-hydroxylation sites is 1. The quantitative estimate of drug-likeness (QED) is 0.696. The normalized spacial score (nSPS) is 15.3. The van der Waals surface area contributed by atoms with Gasteiger partial charge >= 0.3 is 0 Å². The van der Waals surface area contributed by atoms with Crippen molar-refractivity contribution in [2.24, 2.45) is 0 Å². The second kappa shape index (κ2) is 7.17. The highest BCUT2D eigenvalue weighted by Crippen LogP contribution is 2.47. The van der Waals surface area contributed by atoms with Gasteiger partial charge in [-0.15, -0.1) is 11.3 Å². The summed E-state index contributed by atoms with van der Waals surface area (Å²) in [6.07, 6.45) is 2.30. The zero-order valence-corrected chi connectivity index (χ0v) is 15.8. The first kappa shape index (κ1) is 17.2. The Hall–Kier alpha value is -2.24. The molecule has 3 aromatic rings. The Balaban J connectivity index is 1.29. The molecule has 0 bridgehead atoms. The summed E-state index contributed by atoms with van der Waals surface area (Å²) >= 11 is 1.69. The van der Waals surface area contributed by atoms with Crippen molar-refractivity contribution in [2.45, 2.75) is 24.8 Å². The Morgan fingerprint density at radius 3 is 2.62 bits per heavy atom. The zero-order valence-electron chi connectivity index (χ0n) is 14.9. The van der Waals surface area contributed by atoms with Crippen LogP contribution in [0.15, 0.2) is 54.6 Å². The number of benzene rings is 2. The molecule has 1 aliphatic rings. The molecule has 1 N–H and O–H groups in total. The summed E-state index contributed by atoms with van der Waals surface area (Å²) in [7, 11) is 1.97. The number of hydrogen-bond acceptors (Lipinski definition) is 4. The molecule has 4 nitrogen and oxygen atoms in total. The maximum atomic E-state index is 12.4. The minimum atomic E-state index is 0.0795. The van der Waals surface area contributed by atoms with Crippen LogP contribution in [0.2, 0.25) is 0 Å². The molecule has 0 saturated heterocycles. The van der Waals surface area contributed by atoms with Crippen LogP contribution in [0.25, 0.3) is 10.2 Å². The second-order valence-electron chi connectivity index (χ2n) is 7.17. The van der Waals surface area contributed by atoms with Crippen molar-refractivity contribution in [1.82, 2.24) is 15.2 Å². The highest BCUT2D eigenvalue weighted by Gasteiger charge is 2.44. The lowest BCUT2D eigenvalue weighted by Crippen LogP contribution is -2.38. The van der Waals surface area contributed by atoms with Gasteiger partial charge in [-0.25, -0.2) is 4.98 Å². The minimum Gasteiger partial charge on any atom is -0.354 e. The Bertz CT molecular complexity index is 869. The van der Waals surface area contributed by atoms with E-state index >= 15 is 0 Å². The van der Waals surface area contributed by atoms with E-state index < -0.39 is 0 Å². The molecule has 5 heteroatoms. The van der Waals surface area contributed by atoms with E-state index in [2.05, 4.69) is 40.6 Å². The molecule has 0 aliphatic heterocycles. The van der Waals surface area contributed by atoms with Crippen molar-refractivity contribution in [2.75, 3.05) is 20.1 Å². The fourth-order valence-electron chi connectivity index (χ4n) is 3.35. The fourth-order valence-corrected chi connectivity index (χ4v) is 4.40. The van der Waals surface area contributed by atoms with Gasteiger partial charge in [0.1, 0.15) is 5.01 Å². The highest BCUT2D eigenvalue weighted by molar-refractivity contribution is 7.18. The molecule has 1 fully saturated rings. The topological polar surface area (TPSA) is 45.2 Å². The number of carbonyl (C=O) groups is 1. The Kier molecular flexibility index (Phi) is 4.74. The Morgan fingerprint density at radius 1 is 1.15 bits per heavy atom. The van der Waals surface area contributed by atoms with Gasteiger partial charge < -0.3 is 5.32 Å². The minimum absolute atomic E-state index is 0.0795. The van der Waals surface area contributed by atoms with Crippen LogP contribution < -0.4 is 5.32 Å². The molecular weight excluding hydrogens is 342 g/mol. The van der Waals surface area contributed by atoms with Crippen LogP contribution in [0.5, 0.6) is 0 Å². The summed E-state index contributed by atoms with van der Waals surface area (Å²) in [4.78, 5) is 19.0. The maximum Gasteiger partial charge on any atom is 0.234 e. The standard InChI is InChI=1S/C21H23N3OS/c1-24(14-20-23-17-9-5-6-10-18(17)26-20)13-19(25)22-15-21(11-12-21)16-7-3-2-4-8-16/h2-10H,11-15H2,1H3,(H,22,25). The van der Waals surface area contributed by atoms with Gasteiger partial charge in [0.05, 0.1) is 23.3 Å². The molecule has 1 aliphatic carbocycles. The number of rotatable bonds is 7. The largest absolute Gasteiger partial charge is 0.354 e. The van der Waals surface area contributed by atoms with Crippen LogP contribution >= 0.6 is 11.3 Å². The molecule has 0 atom stereocenters. The van der Waals surface area contributed by atoms with E-state index in [1.807, 2.05) is 36.2 Å². The number of hydrogen-bond donors (Lipinski definition) is 1. The van der Waals surface area contributed by atoms with Crippen molar-refractivity contribution >= 4 is 27.5 Å². The van der Waals surface area contributed by atoms with E-state index in [0.717, 1.165) is 29.9 Å². The average Bonchev–Trinajstić information content (AvgIpc) is 3.33. The summed E-state index contributed by atoms with van der Waals surface area (Å²) in [5.74, 6) is 0.0795. The SMILES string of the molecule is CN(CC(=O)NCC1(c2ccccc2)CC1)Cc1nc2ccccc2s1. The summed E-state index contributed by atoms with van der Waals surface area (Å²) in [6, 6.07) is 18.7. The number of likely N-dealkylation sites (N-methyl/N-ethyl adjacent to an activating group) is 1. The van der Waals surface area contributed by atoms with Gasteiger partial charge in [-0.2, -0.15) is 0 Å². The molecule has 0 spiro atoms. The van der Waals surface area contributed by atoms with Gasteiger partial charge in [0.2, 0.25) is 5.91 Å². The predicted octanol–water partition coefficient (Wildman–Crippen LogP) is 3.58. The van der Waals surface area contributed by atoms with Crippen molar-refractivity contribution in [1.29, 1.82) is 0 Å². The van der Waals surface area contributed by atoms with E-state index in [-0.39, 0.29) is 11.3 Å². The monoisotopic (exact) mass is 365 g/mol. The van der Waals surface area contributed by atoms with Gasteiger partial charge in [-0.05, 0) is 37.6 Å². The number of carbonyl (C=O) groups excluding carboxylic acids is 1. The van der Waals surface area contributed by atoms with Crippen LogP contribution in [0.1, 0.15) is 23.4 Å². The van der Waals surface area contributed by atoms with E-state index in [4.69, 9.17) is 0 Å². The van der Waals surface area contributed by atoms with E-state index in [0.29, 0.717) is 13.1 Å². The van der Waals surface area contributed by atoms with Crippen molar-refractivity contribution in [3.05, 3.63) is 65.2 Å². The molecular formula is C21H23N3OS. The van der Waals surface area contributed by atoms with Crippen molar-refractivity contribution < 1.29 is 4.79 Å². The second-order valence-corrected chi connectivity index (χ2v) is 8.29. The Morgan fingerprint density at radius 2 is 1.88 bits per heavy atom. The van der Waals surface area contributed by atoms with Crippen molar-refractivity contribution in [3.63, 3.8) is 0 Å². The third-order valence-corrected chi connectivity index (χ3v) is 6.04. The third-order valence-electron chi connectivity index (χ3n) is 5.02. The molecule has 4 rings (SSSR count). The van der Waals surface area contributed by atoms with E-state index in [9.17, 15) is 4.79 Å². The van der Waals surface area contributed by atoms with Crippen LogP contribution in [0.4, 0.5) is 0 Å². The first-order chi connectivity index (χ1) is 12.6. The van der Waals surface area contributed by atoms with Gasteiger partial charge in [-0.3, -0.25) is 9.69 Å². The molecule has 2 aromatic carbocycles. The number of amides is 1. The van der Waals surface area contributed by atoms with Gasteiger partial charge in [0, 0.05) is 12.0 Å². The molecule has 1 saturated carbocycles. The van der Waals surface area contributed by atoms with E-state index in [1.54, 1.807) is 11.3 Å². The number of nitrogens with one attached hydrogen (secondary N) is 1. The lowest BCUT2D eigenvalue weighted by Gasteiger charge is -2.19. The van der Waals surface area contributed by atoms with Crippen LogP contribution in [-0.2, 0) is 16.8 Å². The zero-order chi connectivity index (χ0) is 18.0. The first-order valence-electron chi connectivity index (χ1n) is 9.00. The van der Waals surface area contributed by atoms with Crippen LogP contribution in [0.3, 0.4) is 0 Å². The highest BCUT2D eigenvalue weighted by atomic mass is 32.1. The van der Waals surface area contributed by atoms with Gasteiger partial charge in [-0.1, -0.05) is 42.5 Å². The molecule has 134 valence electrons. The molecule has 1 aromatic heterocycles. The number of nitrogens with zero attached hydrogens (tertiary/aromatic N) is 2. The molecule has 1 heterocycles. The summed E-state index contributed by atoms with van der Waals surface area (Å²) in [5.41, 5.74) is 2.52. The fraction of sp³-hybridized carbons (Fsp3) is 0.333. The van der Waals surface area contributed by atoms with Gasteiger partial charge in [0.15, 0.2) is 0 Å². The molecule has 0 radical (unpaired) electrons. The number of aromatic nitrogens is 1. The lowest BCUT2D eigenvalue weighted by atomic mass is 9.96. The van der Waals surface area contributed by atoms with Crippen molar-refractivity contribution in [3.8, 4) is 0 Å². The molecule has 0 unspecified atom stereocenters. The van der Waals surface area contributed by atoms with E-state index in [1.165, 1.54) is 10.3 Å². The van der Waals surface area contributed by atoms with Gasteiger partial charge in [0.25, 0.3) is 0 Å². The molecule has 26 heavy (non-hydrogen) atoms. The van der Waals surface area contributed by atoms with Crippen LogP contribution in [-0.4, -0.2) is 35.9 Å². The van der Waals surface area contributed by atoms with Crippen LogP contribution in [0, 0.1) is 0 Å². The average molecular weight is 366 g/mol. The predicted molar refractivity (Wildman–Crippen MR) is 106 cm³/mol. The smallest absolute Gasteiger partial charge is 0.234 e. The Labute approximate surface area is 157 Å². The summed E-state index contributed by atoms with van der Waals surface area (Å²) in [6.45, 7) is 1.81. The summed E-state index contributed by atoms with van der Waals surface area (Å²) < 4.78 is 1.19. The maximum absolute atomic E-state index is 12.4. The third kappa shape index (κ3) is 3.79. The molecule has 1 amide bonds. The first-order valence-corrected chi connectivity index (χ1v) is 9.82. The number of fused-ring (bicyclic) bond motifs is 1. The lowest BCUT2D eigenvalue weighted by molar-refractivity contribution is -0.122.